The van der Waals surface area contributed by atoms with E-state index in [2.05, 4.69) is 10.6 Å². The second-order valence-corrected chi connectivity index (χ2v) is 10.3. The maximum atomic E-state index is 12.5. The van der Waals surface area contributed by atoms with Crippen LogP contribution in [0, 0.1) is 5.41 Å². The summed E-state index contributed by atoms with van der Waals surface area (Å²) in [7, 11) is 0. The molecule has 2 N–H and O–H groups in total. The Bertz CT molecular complexity index is 663. The number of cyclic esters (lactones) is 1. The summed E-state index contributed by atoms with van der Waals surface area (Å²) in [5.41, 5.74) is -0.193. The lowest BCUT2D eigenvalue weighted by Gasteiger charge is -2.26. The zero-order valence-electron chi connectivity index (χ0n) is 18.8. The molecule has 2 aliphatic rings. The van der Waals surface area contributed by atoms with Crippen LogP contribution in [0.5, 0.6) is 0 Å². The van der Waals surface area contributed by atoms with Gasteiger partial charge in [-0.3, -0.25) is 19.2 Å². The van der Waals surface area contributed by atoms with Gasteiger partial charge in [0, 0.05) is 31.7 Å². The molecule has 2 fully saturated rings. The molecule has 0 aromatic heterocycles. The maximum Gasteiger partial charge on any atom is 0.306 e. The van der Waals surface area contributed by atoms with Crippen LogP contribution in [0.2, 0.25) is 0 Å². The molecule has 31 heavy (non-hydrogen) atoms. The number of esters is 1. The SMILES string of the molecule is CC1(C)COC(C)(C)O[C@@H](C(=O)NCCC(=O)NCCSC(=O)CC2CCC(=O)O2)C1. The molecule has 0 spiro atoms. The van der Waals surface area contributed by atoms with Crippen LogP contribution >= 0.6 is 11.8 Å². The third-order valence-corrected chi connectivity index (χ3v) is 5.87. The summed E-state index contributed by atoms with van der Waals surface area (Å²) >= 11 is 1.11. The number of nitrogens with one attached hydrogen (secondary N) is 2. The molecule has 0 bridgehead atoms. The van der Waals surface area contributed by atoms with E-state index in [4.69, 9.17) is 14.2 Å². The van der Waals surface area contributed by atoms with Gasteiger partial charge in [0.1, 0.15) is 12.2 Å². The summed E-state index contributed by atoms with van der Waals surface area (Å²) in [4.78, 5) is 47.4. The highest BCUT2D eigenvalue weighted by Gasteiger charge is 2.38. The van der Waals surface area contributed by atoms with Crippen molar-refractivity contribution in [3.63, 3.8) is 0 Å². The van der Waals surface area contributed by atoms with Crippen molar-refractivity contribution in [3.8, 4) is 0 Å². The maximum absolute atomic E-state index is 12.5. The third-order valence-electron chi connectivity index (χ3n) is 4.97. The van der Waals surface area contributed by atoms with Gasteiger partial charge in [0.15, 0.2) is 10.9 Å². The summed E-state index contributed by atoms with van der Waals surface area (Å²) in [6.45, 7) is 8.66. The Labute approximate surface area is 187 Å². The van der Waals surface area contributed by atoms with Gasteiger partial charge < -0.3 is 24.8 Å². The highest BCUT2D eigenvalue weighted by atomic mass is 32.2. The second kappa shape index (κ2) is 11.3. The first kappa shape index (κ1) is 25.6. The molecule has 2 atom stereocenters. The van der Waals surface area contributed by atoms with Crippen LogP contribution in [0.4, 0.5) is 0 Å². The zero-order chi connectivity index (χ0) is 23.1. The third kappa shape index (κ3) is 9.57. The monoisotopic (exact) mass is 458 g/mol. The van der Waals surface area contributed by atoms with Gasteiger partial charge in [-0.15, -0.1) is 0 Å². The van der Waals surface area contributed by atoms with Gasteiger partial charge in [0.25, 0.3) is 0 Å². The average molecular weight is 459 g/mol. The Morgan fingerprint density at radius 3 is 2.55 bits per heavy atom. The van der Waals surface area contributed by atoms with E-state index in [0.717, 1.165) is 11.8 Å². The van der Waals surface area contributed by atoms with E-state index in [1.165, 1.54) is 0 Å². The molecule has 176 valence electrons. The Hall–Kier alpha value is -1.65. The predicted octanol–water partition coefficient (Wildman–Crippen LogP) is 1.53. The van der Waals surface area contributed by atoms with Gasteiger partial charge in [-0.25, -0.2) is 0 Å². The van der Waals surface area contributed by atoms with E-state index in [1.807, 2.05) is 13.8 Å². The Balaban J connectivity index is 1.59. The van der Waals surface area contributed by atoms with E-state index in [1.54, 1.807) is 13.8 Å². The molecule has 2 rings (SSSR count). The molecule has 1 unspecified atom stereocenters. The van der Waals surface area contributed by atoms with E-state index >= 15 is 0 Å². The fourth-order valence-corrected chi connectivity index (χ4v) is 4.06. The Morgan fingerprint density at radius 1 is 1.13 bits per heavy atom. The highest BCUT2D eigenvalue weighted by molar-refractivity contribution is 8.13. The molecule has 0 aliphatic carbocycles. The van der Waals surface area contributed by atoms with Crippen LogP contribution in [0.3, 0.4) is 0 Å². The van der Waals surface area contributed by atoms with Crippen molar-refractivity contribution in [2.45, 2.75) is 77.8 Å². The molecule has 0 aromatic carbocycles. The van der Waals surface area contributed by atoms with E-state index in [9.17, 15) is 19.2 Å². The van der Waals surface area contributed by atoms with Gasteiger partial charge in [0.2, 0.25) is 11.8 Å². The van der Waals surface area contributed by atoms with Crippen molar-refractivity contribution < 1.29 is 33.4 Å². The van der Waals surface area contributed by atoms with Crippen LogP contribution in [-0.4, -0.2) is 66.3 Å². The Morgan fingerprint density at radius 2 is 1.87 bits per heavy atom. The zero-order valence-corrected chi connectivity index (χ0v) is 19.6. The number of hydrogen-bond donors (Lipinski definition) is 2. The number of carbonyl (C=O) groups excluding carboxylic acids is 4. The first-order valence-electron chi connectivity index (χ1n) is 10.7. The van der Waals surface area contributed by atoms with E-state index < -0.39 is 11.9 Å². The predicted molar refractivity (Wildman–Crippen MR) is 115 cm³/mol. The molecule has 2 aliphatic heterocycles. The van der Waals surface area contributed by atoms with E-state index in [-0.39, 0.29) is 53.8 Å². The molecule has 2 amide bonds. The quantitative estimate of drug-likeness (QED) is 0.394. The minimum absolute atomic E-state index is 0.0561. The number of thioether (sulfide) groups is 1. The van der Waals surface area contributed by atoms with Crippen molar-refractivity contribution in [1.82, 2.24) is 10.6 Å². The van der Waals surface area contributed by atoms with Crippen molar-refractivity contribution in [3.05, 3.63) is 0 Å². The lowest BCUT2D eigenvalue weighted by Crippen LogP contribution is -2.43. The van der Waals surface area contributed by atoms with Crippen LogP contribution in [0.1, 0.15) is 59.8 Å². The lowest BCUT2D eigenvalue weighted by molar-refractivity contribution is -0.223. The minimum atomic E-state index is -0.846. The molecule has 0 saturated carbocycles. The first-order chi connectivity index (χ1) is 14.5. The largest absolute Gasteiger partial charge is 0.462 e. The molecular weight excluding hydrogens is 424 g/mol. The number of hydrogen-bond acceptors (Lipinski definition) is 8. The molecular formula is C21H34N2O7S. The molecule has 10 heteroatoms. The smallest absolute Gasteiger partial charge is 0.306 e. The van der Waals surface area contributed by atoms with Gasteiger partial charge in [-0.1, -0.05) is 25.6 Å². The summed E-state index contributed by atoms with van der Waals surface area (Å²) in [5.74, 6) is -1.12. The van der Waals surface area contributed by atoms with Crippen LogP contribution < -0.4 is 10.6 Å². The van der Waals surface area contributed by atoms with Gasteiger partial charge in [0.05, 0.1) is 13.0 Å². The van der Waals surface area contributed by atoms with Crippen LogP contribution in [0.15, 0.2) is 0 Å². The van der Waals surface area contributed by atoms with Gasteiger partial charge in [-0.05, 0) is 32.1 Å². The topological polar surface area (TPSA) is 120 Å². The first-order valence-corrected chi connectivity index (χ1v) is 11.7. The number of rotatable bonds is 9. The molecule has 9 nitrogen and oxygen atoms in total. The fourth-order valence-electron chi connectivity index (χ4n) is 3.32. The van der Waals surface area contributed by atoms with Crippen molar-refractivity contribution in [2.24, 2.45) is 5.41 Å². The lowest BCUT2D eigenvalue weighted by atomic mass is 9.87. The molecule has 0 radical (unpaired) electrons. The highest BCUT2D eigenvalue weighted by Crippen LogP contribution is 2.32. The number of carbonyl (C=O) groups is 4. The van der Waals surface area contributed by atoms with Crippen molar-refractivity contribution >= 4 is 34.7 Å². The number of amides is 2. The normalized spacial score (nSPS) is 24.7. The summed E-state index contributed by atoms with van der Waals surface area (Å²) in [6, 6.07) is 0. The van der Waals surface area contributed by atoms with Crippen LogP contribution in [-0.2, 0) is 33.4 Å². The van der Waals surface area contributed by atoms with Crippen molar-refractivity contribution in [2.75, 3.05) is 25.4 Å². The Kier molecular flexibility index (Phi) is 9.32. The summed E-state index contributed by atoms with van der Waals surface area (Å²) < 4.78 is 16.6. The second-order valence-electron chi connectivity index (χ2n) is 9.13. The summed E-state index contributed by atoms with van der Waals surface area (Å²) in [5, 5.41) is 5.43. The standard InChI is InChI=1S/C21H34N2O7S/c1-20(2)12-15(30-21(3,4)28-13-20)19(27)23-8-7-16(24)22-9-10-31-18(26)11-14-5-6-17(25)29-14/h14-15H,5-13H2,1-4H3,(H,22,24)(H,23,27)/t14?,15-/m1/s1. The minimum Gasteiger partial charge on any atom is -0.462 e. The van der Waals surface area contributed by atoms with Gasteiger partial charge in [-0.2, -0.15) is 0 Å². The van der Waals surface area contributed by atoms with Crippen molar-refractivity contribution in [1.29, 1.82) is 0 Å². The molecule has 0 aromatic rings. The average Bonchev–Trinajstić information content (AvgIpc) is 3.02. The fraction of sp³-hybridized carbons (Fsp3) is 0.810. The number of ether oxygens (including phenoxy) is 3. The molecule has 2 heterocycles. The van der Waals surface area contributed by atoms with Gasteiger partial charge >= 0.3 is 5.97 Å². The molecule has 2 saturated heterocycles. The summed E-state index contributed by atoms with van der Waals surface area (Å²) in [6.07, 6.45) is 0.867. The van der Waals surface area contributed by atoms with E-state index in [0.29, 0.717) is 38.2 Å². The van der Waals surface area contributed by atoms with Crippen LogP contribution in [0.25, 0.3) is 0 Å².